The number of nitrogens with one attached hydrogen (secondary N) is 2. The number of fused-ring (bicyclic) bond motifs is 1. The molecule has 1 unspecified atom stereocenters. The zero-order chi connectivity index (χ0) is 31.2. The molecule has 0 bridgehead atoms. The topological polar surface area (TPSA) is 122 Å². The number of likely N-dealkylation sites (tertiary alicyclic amines) is 1. The van der Waals surface area contributed by atoms with E-state index in [1.165, 1.54) is 22.9 Å². The molecule has 1 saturated carbocycles. The number of β-amino-alcohol motifs (C(OH)–C–C–N with tert-alkyl or cyclic N) is 1. The number of hydrogen-bond acceptors (Lipinski definition) is 7. The van der Waals surface area contributed by atoms with E-state index in [0.717, 1.165) is 36.4 Å². The summed E-state index contributed by atoms with van der Waals surface area (Å²) in [4.78, 5) is 34.9. The molecule has 1 aromatic heterocycles. The van der Waals surface area contributed by atoms with Gasteiger partial charge >= 0.3 is 0 Å². The van der Waals surface area contributed by atoms with Gasteiger partial charge in [0.1, 0.15) is 17.9 Å². The van der Waals surface area contributed by atoms with Crippen LogP contribution >= 0.6 is 0 Å². The third kappa shape index (κ3) is 6.72. The van der Waals surface area contributed by atoms with Crippen molar-refractivity contribution in [3.63, 3.8) is 0 Å². The van der Waals surface area contributed by atoms with Crippen molar-refractivity contribution in [3.8, 4) is 6.19 Å². The quantitative estimate of drug-likeness (QED) is 0.421. The predicted octanol–water partition coefficient (Wildman–Crippen LogP) is 4.43. The Kier molecular flexibility index (Phi) is 8.07. The fourth-order valence-corrected chi connectivity index (χ4v) is 6.34. The second kappa shape index (κ2) is 11.3. The third-order valence-corrected chi connectivity index (χ3v) is 8.65. The molecule has 0 radical (unpaired) electrons. The highest BCUT2D eigenvalue weighted by Gasteiger charge is 2.47. The number of benzene rings is 1. The molecule has 3 aliphatic rings. The number of rotatable bonds is 6. The van der Waals surface area contributed by atoms with Crippen molar-refractivity contribution in [2.24, 2.45) is 0 Å². The van der Waals surface area contributed by atoms with Crippen LogP contribution in [-0.4, -0.2) is 62.5 Å². The summed E-state index contributed by atoms with van der Waals surface area (Å²) in [6, 6.07) is 3.31. The molecule has 5 rings (SSSR count). The normalized spacial score (nSPS) is 25.2. The molecule has 3 heterocycles. The summed E-state index contributed by atoms with van der Waals surface area (Å²) >= 11 is 0. The Morgan fingerprint density at radius 2 is 1.91 bits per heavy atom. The lowest BCUT2D eigenvalue weighted by Crippen LogP contribution is -2.52. The van der Waals surface area contributed by atoms with E-state index < -0.39 is 47.3 Å². The van der Waals surface area contributed by atoms with Crippen molar-refractivity contribution in [1.82, 2.24) is 15.2 Å². The first kappa shape index (κ1) is 30.6. The molecule has 1 saturated heterocycles. The van der Waals surface area contributed by atoms with E-state index >= 15 is 0 Å². The number of aryl methyl sites for hydroxylation is 1. The van der Waals surface area contributed by atoms with E-state index in [-0.39, 0.29) is 49.8 Å². The molecule has 0 spiro atoms. The van der Waals surface area contributed by atoms with Crippen LogP contribution in [0.4, 0.5) is 24.5 Å². The molecule has 2 fully saturated rings. The number of hydrogen-bond donors (Lipinski definition) is 3. The van der Waals surface area contributed by atoms with Gasteiger partial charge in [-0.15, -0.1) is 0 Å². The van der Waals surface area contributed by atoms with Gasteiger partial charge in [-0.1, -0.05) is 6.07 Å². The van der Waals surface area contributed by atoms with E-state index in [1.54, 1.807) is 12.1 Å². The highest BCUT2D eigenvalue weighted by molar-refractivity contribution is 6.04. The summed E-state index contributed by atoms with van der Waals surface area (Å²) in [6.07, 6.45) is 5.18. The number of anilines is 2. The number of nitrogens with zero attached hydrogens (tertiary/aromatic N) is 4. The molecule has 1 aliphatic carbocycles. The molecule has 1 aromatic carbocycles. The smallest absolute Gasteiger partial charge is 0.251 e. The maximum absolute atomic E-state index is 14.6. The Hall–Kier alpha value is -3.85. The predicted molar refractivity (Wildman–Crippen MR) is 154 cm³/mol. The van der Waals surface area contributed by atoms with Crippen molar-refractivity contribution in [2.45, 2.75) is 101 Å². The number of nitriles is 1. The lowest BCUT2D eigenvalue weighted by molar-refractivity contribution is -0.129. The monoisotopic (exact) mass is 598 g/mol. The van der Waals surface area contributed by atoms with E-state index in [9.17, 15) is 33.1 Å². The number of aromatic nitrogens is 1. The van der Waals surface area contributed by atoms with Gasteiger partial charge in [-0.05, 0) is 70.2 Å². The van der Waals surface area contributed by atoms with Crippen LogP contribution in [0.25, 0.3) is 0 Å². The molecule has 2 aromatic rings. The number of amides is 2. The zero-order valence-corrected chi connectivity index (χ0v) is 24.5. The molecule has 2 amide bonds. The van der Waals surface area contributed by atoms with Gasteiger partial charge in [0.15, 0.2) is 6.19 Å². The van der Waals surface area contributed by atoms with Crippen LogP contribution in [0.5, 0.6) is 0 Å². The molecule has 230 valence electrons. The van der Waals surface area contributed by atoms with Gasteiger partial charge in [-0.25, -0.2) is 13.2 Å². The molecular weight excluding hydrogens is 561 g/mol. The average molecular weight is 599 g/mol. The van der Waals surface area contributed by atoms with Crippen molar-refractivity contribution in [1.29, 1.82) is 5.26 Å². The van der Waals surface area contributed by atoms with E-state index in [2.05, 4.69) is 29.5 Å². The van der Waals surface area contributed by atoms with Crippen molar-refractivity contribution in [2.75, 3.05) is 16.8 Å². The lowest BCUT2D eigenvalue weighted by atomic mass is 9.89. The van der Waals surface area contributed by atoms with Crippen LogP contribution in [0, 0.1) is 17.3 Å². The standard InChI is InChI=1S/C31H37F3N6O3/c1-29(2)9-6-19-4-5-23(13-24(19)38-29)40(28(42)25-14-30(3,43)17-39(25)18-35)26(20-12-21(32)16-36-15-20)27(41)37-22-7-10-31(33,34)11-8-22/h4-5,12-13,15-16,22,25-26,38,43H,6-11,14,17H2,1-3H3,(H,37,41)/t25-,26?,30-/m1/s1. The Morgan fingerprint density at radius 1 is 1.19 bits per heavy atom. The Balaban J connectivity index is 1.60. The van der Waals surface area contributed by atoms with Gasteiger partial charge in [0.2, 0.25) is 11.8 Å². The highest BCUT2D eigenvalue weighted by Crippen LogP contribution is 2.39. The van der Waals surface area contributed by atoms with Gasteiger partial charge < -0.3 is 15.7 Å². The summed E-state index contributed by atoms with van der Waals surface area (Å²) in [6.45, 7) is 5.56. The molecule has 3 atom stereocenters. The van der Waals surface area contributed by atoms with Crippen molar-refractivity contribution >= 4 is 23.2 Å². The second-order valence-corrected chi connectivity index (χ2v) is 13.0. The Bertz CT molecular complexity index is 1430. The van der Waals surface area contributed by atoms with Crippen LogP contribution in [0.1, 0.15) is 76.5 Å². The van der Waals surface area contributed by atoms with E-state index in [1.807, 2.05) is 12.3 Å². The maximum atomic E-state index is 14.6. The van der Waals surface area contributed by atoms with Crippen LogP contribution in [0.2, 0.25) is 0 Å². The van der Waals surface area contributed by atoms with E-state index in [4.69, 9.17) is 0 Å². The van der Waals surface area contributed by atoms with Crippen LogP contribution < -0.4 is 15.5 Å². The molecule has 12 heteroatoms. The van der Waals surface area contributed by atoms with Crippen LogP contribution in [0.3, 0.4) is 0 Å². The minimum absolute atomic E-state index is 0.0480. The summed E-state index contributed by atoms with van der Waals surface area (Å²) in [7, 11) is 0. The first-order valence-corrected chi connectivity index (χ1v) is 14.6. The summed E-state index contributed by atoms with van der Waals surface area (Å²) < 4.78 is 42.3. The van der Waals surface area contributed by atoms with Gasteiger partial charge in [-0.3, -0.25) is 24.4 Å². The van der Waals surface area contributed by atoms with E-state index in [0.29, 0.717) is 5.69 Å². The number of pyridine rings is 1. The average Bonchev–Trinajstić information content (AvgIpc) is 3.26. The molecule has 3 N–H and O–H groups in total. The van der Waals surface area contributed by atoms with Crippen molar-refractivity contribution < 1.29 is 27.9 Å². The fraction of sp³-hybridized carbons (Fsp3) is 0.548. The lowest BCUT2D eigenvalue weighted by Gasteiger charge is -2.38. The number of carbonyl (C=O) groups excluding carboxylic acids is 2. The van der Waals surface area contributed by atoms with Crippen molar-refractivity contribution in [3.05, 3.63) is 53.6 Å². The third-order valence-electron chi connectivity index (χ3n) is 8.65. The van der Waals surface area contributed by atoms with Gasteiger partial charge in [-0.2, -0.15) is 5.26 Å². The van der Waals surface area contributed by atoms with Gasteiger partial charge in [0.25, 0.3) is 5.91 Å². The molecule has 9 nitrogen and oxygen atoms in total. The summed E-state index contributed by atoms with van der Waals surface area (Å²) in [5.41, 5.74) is 0.621. The highest BCUT2D eigenvalue weighted by atomic mass is 19.3. The fourth-order valence-electron chi connectivity index (χ4n) is 6.34. The number of carbonyl (C=O) groups is 2. The largest absolute Gasteiger partial charge is 0.388 e. The SMILES string of the molecule is CC1(C)CCc2ccc(N(C(=O)[C@H]3C[C@@](C)(O)CN3C#N)C(C(=O)NC3CCC(F)(F)CC3)c3cncc(F)c3)cc2N1. The first-order chi connectivity index (χ1) is 20.2. The maximum Gasteiger partial charge on any atom is 0.251 e. The molecule has 2 aliphatic heterocycles. The minimum atomic E-state index is -2.81. The number of alkyl halides is 2. The Labute approximate surface area is 249 Å². The van der Waals surface area contributed by atoms with Crippen LogP contribution in [-0.2, 0) is 16.0 Å². The second-order valence-electron chi connectivity index (χ2n) is 13.0. The van der Waals surface area contributed by atoms with Crippen LogP contribution in [0.15, 0.2) is 36.7 Å². The number of aliphatic hydroxyl groups is 1. The zero-order valence-electron chi connectivity index (χ0n) is 24.5. The minimum Gasteiger partial charge on any atom is -0.388 e. The summed E-state index contributed by atoms with van der Waals surface area (Å²) in [5, 5.41) is 26.9. The summed E-state index contributed by atoms with van der Waals surface area (Å²) in [5.74, 6) is -4.86. The molecule has 43 heavy (non-hydrogen) atoms. The number of halogens is 3. The first-order valence-electron chi connectivity index (χ1n) is 14.6. The molecular formula is C31H37F3N6O3. The Morgan fingerprint density at radius 3 is 2.58 bits per heavy atom. The van der Waals surface area contributed by atoms with Gasteiger partial charge in [0.05, 0.1) is 18.3 Å². The van der Waals surface area contributed by atoms with Gasteiger partial charge in [0, 0.05) is 54.0 Å².